The monoisotopic (exact) mass is 438 g/mol. The van der Waals surface area contributed by atoms with Crippen molar-refractivity contribution in [2.75, 3.05) is 0 Å². The molecule has 15 heavy (non-hydrogen) atoms. The number of halogens is 4. The Kier molecular flexibility index (Phi) is 4.32. The van der Waals surface area contributed by atoms with Crippen molar-refractivity contribution >= 4 is 69.2 Å². The molecule has 0 aromatic heterocycles. The van der Waals surface area contributed by atoms with E-state index in [0.717, 1.165) is 5.56 Å². The van der Waals surface area contributed by atoms with Gasteiger partial charge in [0.25, 0.3) is 0 Å². The summed E-state index contributed by atoms with van der Waals surface area (Å²) in [6.07, 6.45) is 0. The second-order valence-electron chi connectivity index (χ2n) is 2.86. The Morgan fingerprint density at radius 2 is 1.80 bits per heavy atom. The molecule has 0 atom stereocenters. The number of aryl methyl sites for hydroxylation is 1. The van der Waals surface area contributed by atoms with Crippen LogP contribution >= 0.6 is 59.4 Å². The fourth-order valence-corrected chi connectivity index (χ4v) is 3.56. The van der Waals surface area contributed by atoms with E-state index in [1.54, 1.807) is 13.0 Å². The van der Waals surface area contributed by atoms with Gasteiger partial charge in [-0.25, -0.2) is 8.42 Å². The predicted molar refractivity (Wildman–Crippen MR) is 72.9 cm³/mol. The van der Waals surface area contributed by atoms with Crippen LogP contribution in [0.2, 0.25) is 5.02 Å². The first-order valence-electron chi connectivity index (χ1n) is 3.74. The third-order valence-electron chi connectivity index (χ3n) is 1.74. The number of hydrogen-bond acceptors (Lipinski definition) is 2. The van der Waals surface area contributed by atoms with Crippen molar-refractivity contribution in [1.82, 2.24) is 0 Å². The average Bonchev–Trinajstić information content (AvgIpc) is 2.07. The van der Waals surface area contributed by atoms with Crippen molar-refractivity contribution in [3.05, 3.63) is 28.8 Å². The van der Waals surface area contributed by atoms with Crippen LogP contribution in [0.4, 0.5) is 0 Å². The molecule has 0 unspecified atom stereocenters. The minimum atomic E-state index is -3.52. The zero-order chi connectivity index (χ0) is 11.9. The van der Waals surface area contributed by atoms with Crippen molar-refractivity contribution in [3.8, 4) is 0 Å². The summed E-state index contributed by atoms with van der Waals surface area (Å²) in [5.74, 6) is 0. The van der Waals surface area contributed by atoms with Gasteiger partial charge in [-0.2, -0.15) is 0 Å². The highest BCUT2D eigenvalue weighted by molar-refractivity contribution is 9.42. The highest BCUT2D eigenvalue weighted by Crippen LogP contribution is 2.43. The molecule has 1 rings (SSSR count). The van der Waals surface area contributed by atoms with E-state index in [4.69, 9.17) is 11.6 Å². The van der Waals surface area contributed by atoms with Crippen LogP contribution in [-0.4, -0.2) is 9.89 Å². The molecule has 0 aliphatic rings. The van der Waals surface area contributed by atoms with Gasteiger partial charge in [0, 0.05) is 5.02 Å². The van der Waals surface area contributed by atoms with Gasteiger partial charge in [0.1, 0.15) is 0 Å². The Bertz CT molecular complexity index is 479. The van der Waals surface area contributed by atoms with Crippen LogP contribution in [0.25, 0.3) is 0 Å². The summed E-state index contributed by atoms with van der Waals surface area (Å²) in [7, 11) is -3.52. The van der Waals surface area contributed by atoms with Crippen molar-refractivity contribution in [2.24, 2.45) is 0 Å². The van der Waals surface area contributed by atoms with Gasteiger partial charge in [0.15, 0.2) is 0 Å². The van der Waals surface area contributed by atoms with Crippen molar-refractivity contribution in [2.45, 2.75) is 13.3 Å². The summed E-state index contributed by atoms with van der Waals surface area (Å²) in [5.41, 5.74) is 0.717. The summed E-state index contributed by atoms with van der Waals surface area (Å²) >= 11 is 14.8. The Balaban J connectivity index is 3.36. The molecule has 0 radical (unpaired) electrons. The standard InChI is InChI=1S/C8H6Br3ClO2S/c1-5-4-6(2-3-7(5)12)15(13,14)8(9,10)11/h2-4H,1H3. The fourth-order valence-electron chi connectivity index (χ4n) is 0.918. The first-order valence-corrected chi connectivity index (χ1v) is 7.98. The van der Waals surface area contributed by atoms with Crippen LogP contribution in [0.5, 0.6) is 0 Å². The topological polar surface area (TPSA) is 34.1 Å². The molecule has 84 valence electrons. The molecule has 2 nitrogen and oxygen atoms in total. The molecule has 7 heteroatoms. The Labute approximate surface area is 119 Å². The smallest absolute Gasteiger partial charge is 0.220 e. The van der Waals surface area contributed by atoms with Crippen LogP contribution in [0.15, 0.2) is 23.1 Å². The molecule has 0 fully saturated rings. The van der Waals surface area contributed by atoms with Gasteiger partial charge in [-0.15, -0.1) is 0 Å². The second-order valence-corrected chi connectivity index (χ2v) is 13.7. The normalized spacial score (nSPS) is 12.9. The third kappa shape index (κ3) is 2.97. The highest BCUT2D eigenvalue weighted by Gasteiger charge is 2.37. The molecule has 0 saturated carbocycles. The quantitative estimate of drug-likeness (QED) is 0.612. The number of alkyl halides is 3. The summed E-state index contributed by atoms with van der Waals surface area (Å²) < 4.78 is 22.5. The molecule has 0 heterocycles. The Hall–Kier alpha value is 0.900. The van der Waals surface area contributed by atoms with E-state index in [2.05, 4.69) is 47.8 Å². The van der Waals surface area contributed by atoms with E-state index in [1.165, 1.54) is 12.1 Å². The van der Waals surface area contributed by atoms with Gasteiger partial charge in [-0.05, 0) is 78.5 Å². The van der Waals surface area contributed by atoms with E-state index in [1.807, 2.05) is 0 Å². The molecule has 0 saturated heterocycles. The van der Waals surface area contributed by atoms with Gasteiger partial charge in [-0.3, -0.25) is 0 Å². The zero-order valence-electron chi connectivity index (χ0n) is 7.47. The van der Waals surface area contributed by atoms with E-state index in [-0.39, 0.29) is 4.90 Å². The first-order chi connectivity index (χ1) is 6.66. The minimum absolute atomic E-state index is 0.190. The van der Waals surface area contributed by atoms with Gasteiger partial charge < -0.3 is 0 Å². The Morgan fingerprint density at radius 1 is 1.27 bits per heavy atom. The van der Waals surface area contributed by atoms with E-state index >= 15 is 0 Å². The first kappa shape index (κ1) is 14.0. The lowest BCUT2D eigenvalue weighted by molar-refractivity contribution is 0.598. The molecule has 0 amide bonds. The molecular weight excluding hydrogens is 435 g/mol. The molecular formula is C8H6Br3ClO2S. The molecule has 0 N–H and O–H groups in total. The maximum absolute atomic E-state index is 11.9. The van der Waals surface area contributed by atoms with Crippen molar-refractivity contribution in [1.29, 1.82) is 0 Å². The highest BCUT2D eigenvalue weighted by atomic mass is 80.0. The summed E-state index contributed by atoms with van der Waals surface area (Å²) in [5, 5.41) is 0.540. The number of benzene rings is 1. The maximum atomic E-state index is 11.9. The van der Waals surface area contributed by atoms with Crippen molar-refractivity contribution < 1.29 is 8.42 Å². The van der Waals surface area contributed by atoms with Crippen LogP contribution in [-0.2, 0) is 9.84 Å². The SMILES string of the molecule is Cc1cc(S(=O)(=O)C(Br)(Br)Br)ccc1Cl. The summed E-state index contributed by atoms with van der Waals surface area (Å²) in [4.78, 5) is 0.190. The lowest BCUT2D eigenvalue weighted by Gasteiger charge is -2.14. The molecule has 0 aliphatic carbocycles. The van der Waals surface area contributed by atoms with E-state index in [0.29, 0.717) is 5.02 Å². The molecule has 0 bridgehead atoms. The molecule has 0 spiro atoms. The maximum Gasteiger partial charge on any atom is 0.239 e. The molecule has 1 aromatic rings. The van der Waals surface area contributed by atoms with Crippen molar-refractivity contribution in [3.63, 3.8) is 0 Å². The van der Waals surface area contributed by atoms with E-state index in [9.17, 15) is 8.42 Å². The van der Waals surface area contributed by atoms with Crippen LogP contribution in [0, 0.1) is 6.92 Å². The third-order valence-corrected chi connectivity index (χ3v) is 7.49. The fraction of sp³-hybridized carbons (Fsp3) is 0.250. The zero-order valence-corrected chi connectivity index (χ0v) is 13.8. The van der Waals surface area contributed by atoms with Crippen LogP contribution in [0.1, 0.15) is 5.56 Å². The van der Waals surface area contributed by atoms with Gasteiger partial charge in [-0.1, -0.05) is 11.6 Å². The minimum Gasteiger partial charge on any atom is -0.220 e. The van der Waals surface area contributed by atoms with E-state index < -0.39 is 11.3 Å². The number of rotatable bonds is 1. The van der Waals surface area contributed by atoms with Crippen LogP contribution in [0.3, 0.4) is 0 Å². The number of hydrogen-bond donors (Lipinski definition) is 0. The van der Waals surface area contributed by atoms with Gasteiger partial charge in [0.2, 0.25) is 11.3 Å². The van der Waals surface area contributed by atoms with Gasteiger partial charge >= 0.3 is 0 Å². The summed E-state index contributed by atoms with van der Waals surface area (Å²) in [6.45, 7) is 1.75. The predicted octanol–water partition coefficient (Wildman–Crippen LogP) is 4.22. The van der Waals surface area contributed by atoms with Crippen LogP contribution < -0.4 is 0 Å². The molecule has 0 aliphatic heterocycles. The second kappa shape index (κ2) is 4.64. The van der Waals surface area contributed by atoms with Gasteiger partial charge in [0.05, 0.1) is 4.90 Å². The lowest BCUT2D eigenvalue weighted by atomic mass is 10.2. The average molecular weight is 441 g/mol. The largest absolute Gasteiger partial charge is 0.239 e. The lowest BCUT2D eigenvalue weighted by Crippen LogP contribution is -2.17. The molecule has 1 aromatic carbocycles. The Morgan fingerprint density at radius 3 is 2.20 bits per heavy atom. The summed E-state index contributed by atoms with van der Waals surface area (Å²) in [6, 6.07) is 4.54. The number of sulfone groups is 1.